The minimum atomic E-state index is -0.210. The van der Waals surface area contributed by atoms with Gasteiger partial charge in [-0.15, -0.1) is 0 Å². The van der Waals surface area contributed by atoms with Gasteiger partial charge >= 0.3 is 0 Å². The molecule has 2 heterocycles. The van der Waals surface area contributed by atoms with E-state index in [-0.39, 0.29) is 18.1 Å². The van der Waals surface area contributed by atoms with Gasteiger partial charge in [0.05, 0.1) is 19.3 Å². The number of halogens is 1. The van der Waals surface area contributed by atoms with Crippen LogP contribution in [-0.4, -0.2) is 56.4 Å². The van der Waals surface area contributed by atoms with Crippen LogP contribution >= 0.6 is 11.6 Å². The van der Waals surface area contributed by atoms with E-state index in [1.54, 1.807) is 13.2 Å². The first-order valence-electron chi connectivity index (χ1n) is 9.17. The Kier molecular flexibility index (Phi) is 6.27. The zero-order valence-corrected chi connectivity index (χ0v) is 16.2. The average molecular weight is 383 g/mol. The number of carbonyl (C=O) groups excluding carboxylic acids is 1. The summed E-state index contributed by atoms with van der Waals surface area (Å²) in [5.41, 5.74) is 0.828. The third kappa shape index (κ3) is 4.42. The fraction of sp³-hybridized carbons (Fsp3) is 0.632. The Morgan fingerprint density at radius 1 is 1.35 bits per heavy atom. The van der Waals surface area contributed by atoms with Crippen molar-refractivity contribution < 1.29 is 19.0 Å². The Balaban J connectivity index is 1.67. The van der Waals surface area contributed by atoms with E-state index in [4.69, 9.17) is 25.8 Å². The van der Waals surface area contributed by atoms with Crippen molar-refractivity contribution in [2.45, 2.75) is 38.3 Å². The topological polar surface area (TPSA) is 60.0 Å². The predicted octanol–water partition coefficient (Wildman–Crippen LogP) is 2.62. The number of hydrogen-bond donors (Lipinski definition) is 1. The summed E-state index contributed by atoms with van der Waals surface area (Å²) >= 11 is 6.27. The fourth-order valence-corrected chi connectivity index (χ4v) is 3.75. The van der Waals surface area contributed by atoms with Gasteiger partial charge in [0.15, 0.2) is 11.5 Å². The highest BCUT2D eigenvalue weighted by molar-refractivity contribution is 6.30. The van der Waals surface area contributed by atoms with Gasteiger partial charge in [0, 0.05) is 42.8 Å². The number of ether oxygens (including phenoxy) is 3. The zero-order valence-electron chi connectivity index (χ0n) is 15.5. The Morgan fingerprint density at radius 3 is 2.73 bits per heavy atom. The van der Waals surface area contributed by atoms with Crippen LogP contribution < -0.4 is 14.8 Å². The molecule has 2 aliphatic rings. The van der Waals surface area contributed by atoms with Gasteiger partial charge in [-0.3, -0.25) is 9.69 Å². The van der Waals surface area contributed by atoms with Gasteiger partial charge in [-0.25, -0.2) is 0 Å². The quantitative estimate of drug-likeness (QED) is 0.819. The molecule has 1 spiro atoms. The molecule has 0 aliphatic carbocycles. The minimum absolute atomic E-state index is 0.0261. The normalized spacial score (nSPS) is 20.0. The third-order valence-electron chi connectivity index (χ3n) is 5.05. The lowest BCUT2D eigenvalue weighted by Gasteiger charge is -2.43. The molecule has 3 rings (SSSR count). The second-order valence-electron chi connectivity index (χ2n) is 6.97. The summed E-state index contributed by atoms with van der Waals surface area (Å²) in [5, 5.41) is 3.57. The average Bonchev–Trinajstić information content (AvgIpc) is 2.65. The van der Waals surface area contributed by atoms with E-state index in [0.717, 1.165) is 50.2 Å². The molecule has 7 heteroatoms. The molecule has 2 fully saturated rings. The summed E-state index contributed by atoms with van der Waals surface area (Å²) in [4.78, 5) is 13.7. The first-order chi connectivity index (χ1) is 12.5. The summed E-state index contributed by atoms with van der Waals surface area (Å²) in [6, 6.07) is 3.75. The third-order valence-corrected chi connectivity index (χ3v) is 5.26. The van der Waals surface area contributed by atoms with Crippen molar-refractivity contribution in [3.8, 4) is 11.5 Å². The number of morpholine rings is 1. The SMILES string of the molecule is CCCOc1c(CN2CCC3(CC2)CNC(=O)CO3)cc(Cl)cc1OC. The maximum Gasteiger partial charge on any atom is 0.246 e. The van der Waals surface area contributed by atoms with Crippen LogP contribution in [0.5, 0.6) is 11.5 Å². The van der Waals surface area contributed by atoms with Gasteiger partial charge < -0.3 is 19.5 Å². The van der Waals surface area contributed by atoms with Gasteiger partial charge in [-0.05, 0) is 25.3 Å². The van der Waals surface area contributed by atoms with E-state index in [1.807, 2.05) is 6.07 Å². The van der Waals surface area contributed by atoms with Crippen molar-refractivity contribution in [1.82, 2.24) is 10.2 Å². The molecule has 1 aromatic carbocycles. The Labute approximate surface area is 159 Å². The molecule has 1 N–H and O–H groups in total. The number of methoxy groups -OCH3 is 1. The van der Waals surface area contributed by atoms with Crippen molar-refractivity contribution in [2.24, 2.45) is 0 Å². The molecule has 1 aromatic rings. The van der Waals surface area contributed by atoms with Crippen LogP contribution in [0, 0.1) is 0 Å². The number of carbonyl (C=O) groups is 1. The number of amides is 1. The largest absolute Gasteiger partial charge is 0.493 e. The summed E-state index contributed by atoms with van der Waals surface area (Å²) in [6.45, 7) is 6.04. The molecule has 0 unspecified atom stereocenters. The summed E-state index contributed by atoms with van der Waals surface area (Å²) < 4.78 is 17.3. The van der Waals surface area contributed by atoms with Crippen LogP contribution in [0.2, 0.25) is 5.02 Å². The lowest BCUT2D eigenvalue weighted by atomic mass is 9.89. The lowest BCUT2D eigenvalue weighted by Crippen LogP contribution is -2.57. The van der Waals surface area contributed by atoms with E-state index in [1.165, 1.54) is 0 Å². The zero-order chi connectivity index (χ0) is 18.6. The van der Waals surface area contributed by atoms with Gasteiger partial charge in [-0.2, -0.15) is 0 Å². The van der Waals surface area contributed by atoms with Crippen LogP contribution in [-0.2, 0) is 16.1 Å². The highest BCUT2D eigenvalue weighted by Crippen LogP contribution is 2.37. The Morgan fingerprint density at radius 2 is 2.12 bits per heavy atom. The van der Waals surface area contributed by atoms with Crippen LogP contribution in [0.4, 0.5) is 0 Å². The number of piperidine rings is 1. The molecule has 2 saturated heterocycles. The van der Waals surface area contributed by atoms with Crippen molar-refractivity contribution in [3.05, 3.63) is 22.7 Å². The standard InChI is InChI=1S/C19H27ClN2O4/c1-3-8-25-18-14(9-15(20)10-16(18)24-2)11-22-6-4-19(5-7-22)13-21-17(23)12-26-19/h9-10H,3-8,11-13H2,1-2H3,(H,21,23). The molecule has 0 aromatic heterocycles. The Bertz CT molecular complexity index is 633. The molecular formula is C19H27ClN2O4. The van der Waals surface area contributed by atoms with Gasteiger partial charge in [0.1, 0.15) is 6.61 Å². The van der Waals surface area contributed by atoms with Crippen LogP contribution in [0.25, 0.3) is 0 Å². The monoisotopic (exact) mass is 382 g/mol. The highest BCUT2D eigenvalue weighted by atomic mass is 35.5. The van der Waals surface area contributed by atoms with Crippen LogP contribution in [0.3, 0.4) is 0 Å². The number of likely N-dealkylation sites (tertiary alicyclic amines) is 1. The van der Waals surface area contributed by atoms with E-state index in [2.05, 4.69) is 17.1 Å². The highest BCUT2D eigenvalue weighted by Gasteiger charge is 2.39. The van der Waals surface area contributed by atoms with Crippen LogP contribution in [0.1, 0.15) is 31.7 Å². The summed E-state index contributed by atoms with van der Waals surface area (Å²) in [5.74, 6) is 1.43. The molecule has 0 saturated carbocycles. The summed E-state index contributed by atoms with van der Waals surface area (Å²) in [7, 11) is 1.63. The van der Waals surface area contributed by atoms with Crippen molar-refractivity contribution >= 4 is 17.5 Å². The molecule has 1 amide bonds. The van der Waals surface area contributed by atoms with E-state index >= 15 is 0 Å². The number of nitrogens with one attached hydrogen (secondary N) is 1. The predicted molar refractivity (Wildman–Crippen MR) is 100.0 cm³/mol. The molecular weight excluding hydrogens is 356 g/mol. The summed E-state index contributed by atoms with van der Waals surface area (Å²) in [6.07, 6.45) is 2.73. The number of rotatable bonds is 6. The maximum absolute atomic E-state index is 11.3. The van der Waals surface area contributed by atoms with Crippen molar-refractivity contribution in [1.29, 1.82) is 0 Å². The van der Waals surface area contributed by atoms with Crippen molar-refractivity contribution in [3.63, 3.8) is 0 Å². The molecule has 0 radical (unpaired) electrons. The maximum atomic E-state index is 11.3. The van der Waals surface area contributed by atoms with E-state index in [9.17, 15) is 4.79 Å². The van der Waals surface area contributed by atoms with Gasteiger partial charge in [0.2, 0.25) is 5.91 Å². The molecule has 0 atom stereocenters. The van der Waals surface area contributed by atoms with E-state index in [0.29, 0.717) is 23.9 Å². The lowest BCUT2D eigenvalue weighted by molar-refractivity contribution is -0.150. The fourth-order valence-electron chi connectivity index (χ4n) is 3.52. The molecule has 6 nitrogen and oxygen atoms in total. The molecule has 26 heavy (non-hydrogen) atoms. The molecule has 144 valence electrons. The second-order valence-corrected chi connectivity index (χ2v) is 7.41. The number of benzene rings is 1. The number of hydrogen-bond acceptors (Lipinski definition) is 5. The van der Waals surface area contributed by atoms with Crippen LogP contribution in [0.15, 0.2) is 12.1 Å². The minimum Gasteiger partial charge on any atom is -0.493 e. The van der Waals surface area contributed by atoms with Gasteiger partial charge in [-0.1, -0.05) is 18.5 Å². The van der Waals surface area contributed by atoms with Gasteiger partial charge in [0.25, 0.3) is 0 Å². The molecule has 2 aliphatic heterocycles. The second kappa shape index (κ2) is 8.46. The van der Waals surface area contributed by atoms with E-state index < -0.39 is 0 Å². The smallest absolute Gasteiger partial charge is 0.246 e. The first-order valence-corrected chi connectivity index (χ1v) is 9.55. The number of nitrogens with zero attached hydrogens (tertiary/aromatic N) is 1. The first kappa shape index (κ1) is 19.3. The Hall–Kier alpha value is -1.50. The molecule has 0 bridgehead atoms. The van der Waals surface area contributed by atoms with Crippen molar-refractivity contribution in [2.75, 3.05) is 40.0 Å².